The number of carbonyl (C=O) groups excluding carboxylic acids is 1. The number of halogens is 4. The Balaban J connectivity index is 1.54. The van der Waals surface area contributed by atoms with Gasteiger partial charge in [0.05, 0.1) is 17.8 Å². The number of methoxy groups -OCH3 is 1. The second kappa shape index (κ2) is 11.7. The van der Waals surface area contributed by atoms with Crippen LogP contribution in [0.5, 0.6) is 5.75 Å². The molecule has 4 rings (SSSR count). The van der Waals surface area contributed by atoms with E-state index in [1.165, 1.54) is 0 Å². The van der Waals surface area contributed by atoms with Gasteiger partial charge >= 0.3 is 6.18 Å². The van der Waals surface area contributed by atoms with Crippen LogP contribution < -0.4 is 10.1 Å². The molecule has 3 aromatic rings. The van der Waals surface area contributed by atoms with Gasteiger partial charge in [0.15, 0.2) is 0 Å². The van der Waals surface area contributed by atoms with Crippen molar-refractivity contribution in [3.8, 4) is 5.75 Å². The number of anilines is 1. The molecule has 1 aliphatic rings. The number of likely N-dealkylation sites (tertiary alicyclic amines) is 1. The first-order chi connectivity index (χ1) is 18.2. The number of para-hydroxylation sites is 1. The van der Waals surface area contributed by atoms with E-state index in [-0.39, 0.29) is 17.6 Å². The molecule has 1 heterocycles. The molecule has 0 radical (unpaired) electrons. The summed E-state index contributed by atoms with van der Waals surface area (Å²) in [6, 6.07) is 20.8. The summed E-state index contributed by atoms with van der Waals surface area (Å²) < 4.78 is 44.6. The van der Waals surface area contributed by atoms with Gasteiger partial charge in [-0.1, -0.05) is 48.0 Å². The average Bonchev–Trinajstić information content (AvgIpc) is 3.37. The maximum atomic E-state index is 13.3. The lowest BCUT2D eigenvalue weighted by molar-refractivity contribution is -0.0583. The molecule has 0 aromatic heterocycles. The third-order valence-electron chi connectivity index (χ3n) is 6.45. The Labute approximate surface area is 224 Å². The molecule has 2 N–H and O–H groups in total. The summed E-state index contributed by atoms with van der Waals surface area (Å²) in [6.07, 6.45) is -1.58. The third-order valence-corrected chi connectivity index (χ3v) is 6.78. The lowest BCUT2D eigenvalue weighted by Gasteiger charge is -2.25. The highest BCUT2D eigenvalue weighted by atomic mass is 35.5. The summed E-state index contributed by atoms with van der Waals surface area (Å²) in [5, 5.41) is 10.7. The molecule has 1 saturated heterocycles. The van der Waals surface area contributed by atoms with Crippen LogP contribution in [0.1, 0.15) is 34.3 Å². The van der Waals surface area contributed by atoms with Crippen LogP contribution in [0.4, 0.5) is 18.9 Å². The van der Waals surface area contributed by atoms with Crippen molar-refractivity contribution in [3.05, 3.63) is 101 Å². The fraction of sp³-hybridized carbons (Fsp3) is 0.241. The van der Waals surface area contributed by atoms with Gasteiger partial charge < -0.3 is 15.0 Å². The number of ether oxygens (including phenoxy) is 1. The first-order valence-corrected chi connectivity index (χ1v) is 12.5. The quantitative estimate of drug-likeness (QED) is 0.296. The maximum absolute atomic E-state index is 13.3. The van der Waals surface area contributed by atoms with E-state index in [9.17, 15) is 18.0 Å². The summed E-state index contributed by atoms with van der Waals surface area (Å²) >= 11 is 6.19. The smallest absolute Gasteiger partial charge is 0.432 e. The zero-order chi connectivity index (χ0) is 27.3. The van der Waals surface area contributed by atoms with Crippen molar-refractivity contribution in [2.24, 2.45) is 0 Å². The number of alkyl halides is 3. The molecule has 0 aliphatic carbocycles. The molecule has 0 spiro atoms. The number of nitrogens with zero attached hydrogens (tertiary/aromatic N) is 1. The highest BCUT2D eigenvalue weighted by Crippen LogP contribution is 2.29. The van der Waals surface area contributed by atoms with E-state index < -0.39 is 11.9 Å². The Morgan fingerprint density at radius 3 is 2.37 bits per heavy atom. The molecule has 1 amide bonds. The van der Waals surface area contributed by atoms with Gasteiger partial charge in [0.1, 0.15) is 11.5 Å². The molecule has 1 fully saturated rings. The van der Waals surface area contributed by atoms with Gasteiger partial charge in [0.2, 0.25) is 0 Å². The fourth-order valence-corrected chi connectivity index (χ4v) is 4.62. The minimum atomic E-state index is -4.81. The molecule has 38 heavy (non-hydrogen) atoms. The highest BCUT2D eigenvalue weighted by Gasteiger charge is 2.33. The van der Waals surface area contributed by atoms with Gasteiger partial charge in [-0.05, 0) is 72.9 Å². The number of allylic oxidation sites excluding steroid dienone is 1. The molecule has 9 heteroatoms. The topological polar surface area (TPSA) is 65.4 Å². The number of nitrogens with one attached hydrogen (secondary N) is 2. The summed E-state index contributed by atoms with van der Waals surface area (Å²) in [5.74, 6) is 0.649. The first kappa shape index (κ1) is 27.3. The van der Waals surface area contributed by atoms with Crippen LogP contribution in [0.3, 0.4) is 0 Å². The lowest BCUT2D eigenvalue weighted by Crippen LogP contribution is -2.36. The monoisotopic (exact) mass is 541 g/mol. The van der Waals surface area contributed by atoms with Gasteiger partial charge in [-0.2, -0.15) is 13.2 Å². The van der Waals surface area contributed by atoms with Crippen molar-refractivity contribution in [1.82, 2.24) is 4.90 Å². The summed E-state index contributed by atoms with van der Waals surface area (Å²) in [6.45, 7) is 0.642. The van der Waals surface area contributed by atoms with E-state index in [0.29, 0.717) is 34.5 Å². The molecule has 3 aromatic carbocycles. The predicted octanol–water partition coefficient (Wildman–Crippen LogP) is 7.23. The zero-order valence-electron chi connectivity index (χ0n) is 20.7. The Kier molecular flexibility index (Phi) is 8.42. The Morgan fingerprint density at radius 2 is 1.74 bits per heavy atom. The number of hydrogen-bond donors (Lipinski definition) is 2. The standard InChI is InChI=1S/C29H27ClF3N3O2/c1-38-23-14-8-19(9-15-23)17-22-5-4-16-36(22)28(37)21-12-10-20(11-13-21)26(18-27(34)29(31,32)33)35-25-7-3-2-6-24(25)30/h2-3,6-15,18,22,34-35H,4-5,16-17H2,1H3/b26-18-,34-27?. The normalized spacial score (nSPS) is 15.9. The second-order valence-electron chi connectivity index (χ2n) is 9.00. The minimum Gasteiger partial charge on any atom is -0.497 e. The lowest BCUT2D eigenvalue weighted by atomic mass is 10.0. The zero-order valence-corrected chi connectivity index (χ0v) is 21.4. The fourth-order valence-electron chi connectivity index (χ4n) is 4.43. The second-order valence-corrected chi connectivity index (χ2v) is 9.41. The van der Waals surface area contributed by atoms with Gasteiger partial charge in [0, 0.05) is 23.8 Å². The van der Waals surface area contributed by atoms with Gasteiger partial charge in [-0.25, -0.2) is 0 Å². The van der Waals surface area contributed by atoms with Gasteiger partial charge in [-0.3, -0.25) is 10.2 Å². The van der Waals surface area contributed by atoms with Crippen LogP contribution in [-0.4, -0.2) is 42.4 Å². The van der Waals surface area contributed by atoms with Crippen LogP contribution in [0, 0.1) is 5.41 Å². The molecule has 1 aliphatic heterocycles. The van der Waals surface area contributed by atoms with E-state index >= 15 is 0 Å². The van der Waals surface area contributed by atoms with Gasteiger partial charge in [0.25, 0.3) is 5.91 Å². The van der Waals surface area contributed by atoms with Crippen molar-refractivity contribution in [3.63, 3.8) is 0 Å². The number of rotatable bonds is 8. The maximum Gasteiger partial charge on any atom is 0.432 e. The Bertz CT molecular complexity index is 1320. The summed E-state index contributed by atoms with van der Waals surface area (Å²) in [4.78, 5) is 15.2. The minimum absolute atomic E-state index is 0.0398. The number of hydrogen-bond acceptors (Lipinski definition) is 4. The van der Waals surface area contributed by atoms with Crippen molar-refractivity contribution >= 4 is 34.6 Å². The van der Waals surface area contributed by atoms with E-state index in [1.807, 2.05) is 29.2 Å². The van der Waals surface area contributed by atoms with E-state index in [2.05, 4.69) is 5.32 Å². The molecule has 5 nitrogen and oxygen atoms in total. The van der Waals surface area contributed by atoms with Crippen molar-refractivity contribution in [1.29, 1.82) is 5.41 Å². The summed E-state index contributed by atoms with van der Waals surface area (Å²) in [7, 11) is 1.61. The van der Waals surface area contributed by atoms with Gasteiger partial charge in [-0.15, -0.1) is 0 Å². The number of carbonyl (C=O) groups is 1. The van der Waals surface area contributed by atoms with E-state index in [0.717, 1.165) is 30.6 Å². The number of benzene rings is 3. The molecule has 0 bridgehead atoms. The predicted molar refractivity (Wildman–Crippen MR) is 144 cm³/mol. The molecular weight excluding hydrogens is 515 g/mol. The highest BCUT2D eigenvalue weighted by molar-refractivity contribution is 6.33. The molecular formula is C29H27ClF3N3O2. The Morgan fingerprint density at radius 1 is 1.08 bits per heavy atom. The van der Waals surface area contributed by atoms with Crippen molar-refractivity contribution in [2.75, 3.05) is 19.0 Å². The Hall–Kier alpha value is -3.78. The van der Waals surface area contributed by atoms with Crippen LogP contribution in [-0.2, 0) is 6.42 Å². The third kappa shape index (κ3) is 6.55. The average molecular weight is 542 g/mol. The number of amides is 1. The van der Waals surface area contributed by atoms with Crippen LogP contribution in [0.25, 0.3) is 5.70 Å². The SMILES string of the molecule is COc1ccc(CC2CCCN2C(=O)c2ccc(/C(=C/C(=N)C(F)(F)F)Nc3ccccc3Cl)cc2)cc1. The summed E-state index contributed by atoms with van der Waals surface area (Å²) in [5.41, 5.74) is 0.862. The van der Waals surface area contributed by atoms with Crippen molar-refractivity contribution in [2.45, 2.75) is 31.5 Å². The van der Waals surface area contributed by atoms with E-state index in [4.69, 9.17) is 21.7 Å². The molecule has 0 saturated carbocycles. The first-order valence-electron chi connectivity index (χ1n) is 12.1. The van der Waals surface area contributed by atoms with Crippen molar-refractivity contribution < 1.29 is 22.7 Å². The largest absolute Gasteiger partial charge is 0.497 e. The van der Waals surface area contributed by atoms with Crippen LogP contribution in [0.2, 0.25) is 5.02 Å². The molecule has 1 unspecified atom stereocenters. The molecule has 1 atom stereocenters. The van der Waals surface area contributed by atoms with E-state index in [1.54, 1.807) is 55.6 Å². The van der Waals surface area contributed by atoms with Crippen LogP contribution in [0.15, 0.2) is 78.9 Å². The van der Waals surface area contributed by atoms with Crippen LogP contribution >= 0.6 is 11.6 Å². The molecule has 198 valence electrons.